The molecule has 3 unspecified atom stereocenters. The number of rotatable bonds is 5. The Morgan fingerprint density at radius 3 is 2.85 bits per heavy atom. The molecule has 1 saturated heterocycles. The lowest BCUT2D eigenvalue weighted by Crippen LogP contribution is -2.37. The van der Waals surface area contributed by atoms with Gasteiger partial charge in [0.05, 0.1) is 13.7 Å². The topological polar surface area (TPSA) is 58.6 Å². The van der Waals surface area contributed by atoms with Gasteiger partial charge in [-0.1, -0.05) is 18.2 Å². The zero-order chi connectivity index (χ0) is 14.7. The van der Waals surface area contributed by atoms with Gasteiger partial charge in [-0.3, -0.25) is 14.3 Å². The number of hydrogen-bond donors (Lipinski definition) is 1. The molecule has 1 heterocycles. The van der Waals surface area contributed by atoms with E-state index in [2.05, 4.69) is 5.32 Å². The van der Waals surface area contributed by atoms with Crippen LogP contribution < -0.4 is 10.1 Å². The van der Waals surface area contributed by atoms with Crippen LogP contribution in [0.15, 0.2) is 24.3 Å². The van der Waals surface area contributed by atoms with Crippen LogP contribution in [0, 0.1) is 0 Å². The smallest absolute Gasteiger partial charge is 0.238 e. The largest absolute Gasteiger partial charge is 0.496 e. The normalized spacial score (nSPS) is 21.9. The Labute approximate surface area is 121 Å². The van der Waals surface area contributed by atoms with Crippen molar-refractivity contribution in [2.24, 2.45) is 0 Å². The van der Waals surface area contributed by atoms with E-state index < -0.39 is 10.8 Å². The van der Waals surface area contributed by atoms with Crippen LogP contribution in [0.25, 0.3) is 0 Å². The summed E-state index contributed by atoms with van der Waals surface area (Å²) in [6.45, 7) is 2.66. The molecule has 1 aromatic rings. The third-order valence-electron chi connectivity index (χ3n) is 3.53. The molecule has 20 heavy (non-hydrogen) atoms. The summed E-state index contributed by atoms with van der Waals surface area (Å²) in [6.07, 6.45) is 1.45. The Bertz CT molecular complexity index is 521. The molecule has 5 nitrogen and oxygen atoms in total. The number of nitrogens with one attached hydrogen (secondary N) is 1. The number of nitrogens with zero attached hydrogens (tertiary/aromatic N) is 1. The molecule has 1 aliphatic rings. The van der Waals surface area contributed by atoms with Crippen molar-refractivity contribution in [1.82, 2.24) is 10.2 Å². The van der Waals surface area contributed by atoms with Gasteiger partial charge in [-0.15, -0.1) is 0 Å². The molecule has 0 aliphatic carbocycles. The third-order valence-corrected chi connectivity index (χ3v) is 4.81. The first-order chi connectivity index (χ1) is 9.54. The molecule has 1 amide bonds. The predicted molar refractivity (Wildman–Crippen MR) is 79.0 cm³/mol. The maximum absolute atomic E-state index is 12.0. The highest BCUT2D eigenvalue weighted by atomic mass is 32.2. The summed E-state index contributed by atoms with van der Waals surface area (Å²) in [5.74, 6) is 0.771. The molecule has 0 saturated carbocycles. The number of para-hydroxylation sites is 1. The van der Waals surface area contributed by atoms with Crippen molar-refractivity contribution in [3.8, 4) is 5.75 Å². The van der Waals surface area contributed by atoms with Gasteiger partial charge in [-0.2, -0.15) is 0 Å². The second-order valence-corrected chi connectivity index (χ2v) is 6.68. The Balaban J connectivity index is 2.25. The fourth-order valence-corrected chi connectivity index (χ4v) is 2.67. The predicted octanol–water partition coefficient (Wildman–Crippen LogP) is 0.893. The van der Waals surface area contributed by atoms with E-state index in [1.807, 2.05) is 31.2 Å². The van der Waals surface area contributed by atoms with Gasteiger partial charge in [0.1, 0.15) is 11.9 Å². The fraction of sp³-hybridized carbons (Fsp3) is 0.500. The Hall–Kier alpha value is -1.40. The molecule has 1 aromatic carbocycles. The van der Waals surface area contributed by atoms with Crippen LogP contribution in [0.5, 0.6) is 5.75 Å². The molecule has 6 heteroatoms. The minimum absolute atomic E-state index is 0.0261. The number of carbonyl (C=O) groups excluding carboxylic acids is 1. The van der Waals surface area contributed by atoms with E-state index in [1.54, 1.807) is 18.3 Å². The van der Waals surface area contributed by atoms with E-state index in [0.717, 1.165) is 11.3 Å². The van der Waals surface area contributed by atoms with E-state index in [0.29, 0.717) is 13.1 Å². The molecular formula is C14H20N2O3S. The Kier molecular flexibility index (Phi) is 4.77. The molecule has 1 aliphatic heterocycles. The summed E-state index contributed by atoms with van der Waals surface area (Å²) in [6, 6.07) is 7.63. The first-order valence-electron chi connectivity index (χ1n) is 6.52. The summed E-state index contributed by atoms with van der Waals surface area (Å²) >= 11 is 0. The van der Waals surface area contributed by atoms with E-state index in [-0.39, 0.29) is 17.3 Å². The Morgan fingerprint density at radius 1 is 1.50 bits per heavy atom. The molecule has 1 fully saturated rings. The number of methoxy groups -OCH3 is 1. The summed E-state index contributed by atoms with van der Waals surface area (Å²) in [5, 5.41) is 3.13. The molecule has 0 radical (unpaired) electrons. The molecular weight excluding hydrogens is 276 g/mol. The number of carbonyl (C=O) groups is 1. The summed E-state index contributed by atoms with van der Waals surface area (Å²) in [7, 11) is 0.662. The number of amides is 1. The zero-order valence-corrected chi connectivity index (χ0v) is 12.8. The first-order valence-corrected chi connectivity index (χ1v) is 8.14. The van der Waals surface area contributed by atoms with Crippen molar-refractivity contribution < 1.29 is 13.7 Å². The number of ether oxygens (including phenoxy) is 1. The van der Waals surface area contributed by atoms with Crippen LogP contribution in [0.4, 0.5) is 0 Å². The van der Waals surface area contributed by atoms with Gasteiger partial charge >= 0.3 is 0 Å². The monoisotopic (exact) mass is 296 g/mol. The quantitative estimate of drug-likeness (QED) is 0.877. The van der Waals surface area contributed by atoms with Crippen molar-refractivity contribution in [2.75, 3.05) is 26.5 Å². The minimum atomic E-state index is -0.953. The average molecular weight is 296 g/mol. The van der Waals surface area contributed by atoms with Gasteiger partial charge in [0, 0.05) is 34.4 Å². The van der Waals surface area contributed by atoms with E-state index in [4.69, 9.17) is 4.74 Å². The number of hydrogen-bond acceptors (Lipinski definition) is 4. The van der Waals surface area contributed by atoms with Crippen molar-refractivity contribution in [3.05, 3.63) is 29.8 Å². The minimum Gasteiger partial charge on any atom is -0.496 e. The van der Waals surface area contributed by atoms with Crippen molar-refractivity contribution >= 4 is 16.7 Å². The van der Waals surface area contributed by atoms with Crippen molar-refractivity contribution in [3.63, 3.8) is 0 Å². The molecule has 2 rings (SSSR count). The fourth-order valence-electron chi connectivity index (χ4n) is 2.30. The maximum atomic E-state index is 12.0. The van der Waals surface area contributed by atoms with E-state index in [1.165, 1.54) is 0 Å². The summed E-state index contributed by atoms with van der Waals surface area (Å²) in [4.78, 5) is 13.8. The molecule has 0 aromatic heterocycles. The van der Waals surface area contributed by atoms with Gasteiger partial charge in [-0.25, -0.2) is 0 Å². The first kappa shape index (κ1) is 15.0. The summed E-state index contributed by atoms with van der Waals surface area (Å²) < 4.78 is 16.9. The Morgan fingerprint density at radius 2 is 2.20 bits per heavy atom. The van der Waals surface area contributed by atoms with Crippen LogP contribution in [0.3, 0.4) is 0 Å². The third kappa shape index (κ3) is 3.02. The SMILES string of the molecule is COc1ccccc1C1NCC(=O)N1CC(C)S(C)=O. The van der Waals surface area contributed by atoms with Crippen molar-refractivity contribution in [1.29, 1.82) is 0 Å². The second-order valence-electron chi connectivity index (χ2n) is 4.88. The molecule has 0 bridgehead atoms. The lowest BCUT2D eigenvalue weighted by atomic mass is 10.1. The maximum Gasteiger partial charge on any atom is 0.238 e. The zero-order valence-electron chi connectivity index (χ0n) is 12.0. The van der Waals surface area contributed by atoms with E-state index >= 15 is 0 Å². The van der Waals surface area contributed by atoms with E-state index in [9.17, 15) is 9.00 Å². The van der Waals surface area contributed by atoms with Crippen molar-refractivity contribution in [2.45, 2.75) is 18.3 Å². The van der Waals surface area contributed by atoms with Gasteiger partial charge in [0.2, 0.25) is 5.91 Å². The molecule has 1 N–H and O–H groups in total. The van der Waals surface area contributed by atoms with Crippen LogP contribution >= 0.6 is 0 Å². The van der Waals surface area contributed by atoms with Gasteiger partial charge in [-0.05, 0) is 13.0 Å². The highest BCUT2D eigenvalue weighted by Gasteiger charge is 2.34. The average Bonchev–Trinajstić information content (AvgIpc) is 2.80. The molecule has 110 valence electrons. The van der Waals surface area contributed by atoms with Crippen LogP contribution in [0.2, 0.25) is 0 Å². The van der Waals surface area contributed by atoms with Gasteiger partial charge in [0.15, 0.2) is 0 Å². The lowest BCUT2D eigenvalue weighted by molar-refractivity contribution is -0.128. The second kappa shape index (κ2) is 6.37. The summed E-state index contributed by atoms with van der Waals surface area (Å²) in [5.41, 5.74) is 0.926. The highest BCUT2D eigenvalue weighted by molar-refractivity contribution is 7.84. The molecule has 3 atom stereocenters. The van der Waals surface area contributed by atoms with Gasteiger partial charge in [0.25, 0.3) is 0 Å². The van der Waals surface area contributed by atoms with Crippen LogP contribution in [-0.2, 0) is 15.6 Å². The van der Waals surface area contributed by atoms with Gasteiger partial charge < -0.3 is 9.64 Å². The number of benzene rings is 1. The van der Waals surface area contributed by atoms with Crippen LogP contribution in [-0.4, -0.2) is 46.7 Å². The molecule has 0 spiro atoms. The highest BCUT2D eigenvalue weighted by Crippen LogP contribution is 2.30. The van der Waals surface area contributed by atoms with Crippen LogP contribution in [0.1, 0.15) is 18.7 Å². The lowest BCUT2D eigenvalue weighted by Gasteiger charge is -2.27. The standard InChI is InChI=1S/C14H20N2O3S/c1-10(20(3)18)9-16-13(17)8-15-14(16)11-6-4-5-7-12(11)19-2/h4-7,10,14-15H,8-9H2,1-3H3.